The van der Waals surface area contributed by atoms with Gasteiger partial charge in [-0.1, -0.05) is 41.4 Å². The molecule has 30 heavy (non-hydrogen) atoms. The molecule has 0 amide bonds. The molecule has 2 heterocycles. The van der Waals surface area contributed by atoms with Crippen molar-refractivity contribution in [2.75, 3.05) is 26.2 Å². The van der Waals surface area contributed by atoms with E-state index in [1.54, 1.807) is 6.07 Å². The van der Waals surface area contributed by atoms with Crippen LogP contribution in [0, 0.1) is 12.8 Å². The number of guanidine groups is 1. The highest BCUT2D eigenvalue weighted by Gasteiger charge is 2.27. The first-order valence-electron chi connectivity index (χ1n) is 10.2. The maximum absolute atomic E-state index is 10.4. The summed E-state index contributed by atoms with van der Waals surface area (Å²) in [5, 5.41) is 17.0. The average Bonchev–Trinajstić information content (AvgIpc) is 3.17. The summed E-state index contributed by atoms with van der Waals surface area (Å²) >= 11 is 7.35. The summed E-state index contributed by atoms with van der Waals surface area (Å²) in [6, 6.07) is 12.3. The van der Waals surface area contributed by atoms with E-state index in [1.165, 1.54) is 22.5 Å². The summed E-state index contributed by atoms with van der Waals surface area (Å²) in [6.07, 6.45) is 1.63. The number of thiophene rings is 1. The molecule has 0 radical (unpaired) electrons. The summed E-state index contributed by atoms with van der Waals surface area (Å²) in [4.78, 5) is 5.39. The Balaban J connectivity index is 0.00000320. The van der Waals surface area contributed by atoms with Crippen LogP contribution >= 0.6 is 46.9 Å². The highest BCUT2D eigenvalue weighted by atomic mass is 127. The normalized spacial score (nSPS) is 20.3. The first kappa shape index (κ1) is 25.4. The second kappa shape index (κ2) is 12.9. The van der Waals surface area contributed by atoms with Crippen molar-refractivity contribution in [1.29, 1.82) is 0 Å². The number of rotatable bonds is 7. The Morgan fingerprint density at radius 2 is 2.03 bits per heavy atom. The predicted molar refractivity (Wildman–Crippen MR) is 136 cm³/mol. The van der Waals surface area contributed by atoms with Crippen LogP contribution in [0.2, 0.25) is 4.34 Å². The fourth-order valence-corrected chi connectivity index (χ4v) is 4.56. The molecule has 1 aliphatic rings. The maximum atomic E-state index is 10.4. The molecule has 0 aliphatic carbocycles. The Morgan fingerprint density at radius 3 is 2.70 bits per heavy atom. The number of aliphatic hydroxyl groups excluding tert-OH is 1. The molecule has 1 aromatic carbocycles. The predicted octanol–water partition coefficient (Wildman–Crippen LogP) is 5.08. The number of benzene rings is 1. The fraction of sp³-hybridized carbons (Fsp3) is 0.500. The molecule has 5 nitrogen and oxygen atoms in total. The van der Waals surface area contributed by atoms with E-state index in [1.807, 2.05) is 13.0 Å². The van der Waals surface area contributed by atoms with Crippen molar-refractivity contribution < 1.29 is 9.84 Å². The minimum atomic E-state index is -0.652. The lowest BCUT2D eigenvalue weighted by Gasteiger charge is -2.32. The summed E-state index contributed by atoms with van der Waals surface area (Å²) in [7, 11) is 0. The molecular formula is C22H31ClIN3O2S. The minimum absolute atomic E-state index is 0. The highest BCUT2D eigenvalue weighted by Crippen LogP contribution is 2.33. The second-order valence-electron chi connectivity index (χ2n) is 7.36. The van der Waals surface area contributed by atoms with Gasteiger partial charge < -0.3 is 20.5 Å². The highest BCUT2D eigenvalue weighted by molar-refractivity contribution is 14.0. The zero-order valence-corrected chi connectivity index (χ0v) is 21.3. The van der Waals surface area contributed by atoms with Crippen LogP contribution in [-0.4, -0.2) is 37.3 Å². The molecule has 3 atom stereocenters. The largest absolute Gasteiger partial charge is 0.386 e. The third-order valence-electron chi connectivity index (χ3n) is 5.07. The van der Waals surface area contributed by atoms with Crippen LogP contribution in [0.25, 0.3) is 0 Å². The van der Waals surface area contributed by atoms with Gasteiger partial charge in [0, 0.05) is 30.5 Å². The number of nitrogens with zero attached hydrogens (tertiary/aromatic N) is 1. The monoisotopic (exact) mass is 563 g/mol. The van der Waals surface area contributed by atoms with Gasteiger partial charge in [-0.2, -0.15) is 0 Å². The van der Waals surface area contributed by atoms with Crippen LogP contribution in [0.15, 0.2) is 41.4 Å². The van der Waals surface area contributed by atoms with E-state index in [9.17, 15) is 5.11 Å². The van der Waals surface area contributed by atoms with Crippen molar-refractivity contribution in [2.24, 2.45) is 10.9 Å². The summed E-state index contributed by atoms with van der Waals surface area (Å²) < 4.78 is 6.79. The van der Waals surface area contributed by atoms with E-state index < -0.39 is 6.10 Å². The number of aryl methyl sites for hydroxylation is 1. The van der Waals surface area contributed by atoms with E-state index in [4.69, 9.17) is 16.3 Å². The number of aliphatic hydroxyl groups is 1. The Morgan fingerprint density at radius 1 is 1.27 bits per heavy atom. The molecule has 0 saturated carbocycles. The van der Waals surface area contributed by atoms with E-state index >= 15 is 0 Å². The topological polar surface area (TPSA) is 65.9 Å². The molecule has 1 aliphatic heterocycles. The van der Waals surface area contributed by atoms with E-state index in [0.717, 1.165) is 37.4 Å². The van der Waals surface area contributed by atoms with Crippen LogP contribution in [0.3, 0.4) is 0 Å². The summed E-state index contributed by atoms with van der Waals surface area (Å²) in [5.41, 5.74) is 2.49. The average molecular weight is 564 g/mol. The van der Waals surface area contributed by atoms with Gasteiger partial charge in [0.05, 0.1) is 17.0 Å². The zero-order valence-electron chi connectivity index (χ0n) is 17.4. The molecule has 2 aromatic rings. The molecule has 166 valence electrons. The van der Waals surface area contributed by atoms with E-state index in [0.29, 0.717) is 16.2 Å². The maximum Gasteiger partial charge on any atom is 0.191 e. The number of ether oxygens (including phenoxy) is 1. The van der Waals surface area contributed by atoms with Gasteiger partial charge in [0.15, 0.2) is 5.96 Å². The van der Waals surface area contributed by atoms with Gasteiger partial charge >= 0.3 is 0 Å². The molecule has 0 bridgehead atoms. The second-order valence-corrected chi connectivity index (χ2v) is 9.11. The quantitative estimate of drug-likeness (QED) is 0.250. The molecule has 1 aromatic heterocycles. The van der Waals surface area contributed by atoms with Crippen molar-refractivity contribution in [3.05, 3.63) is 56.7 Å². The van der Waals surface area contributed by atoms with Gasteiger partial charge in [-0.3, -0.25) is 4.99 Å². The molecule has 3 unspecified atom stereocenters. The smallest absolute Gasteiger partial charge is 0.191 e. The minimum Gasteiger partial charge on any atom is -0.386 e. The van der Waals surface area contributed by atoms with Crippen molar-refractivity contribution >= 4 is 52.9 Å². The summed E-state index contributed by atoms with van der Waals surface area (Å²) in [5.74, 6) is 1.08. The molecule has 1 fully saturated rings. The number of nitrogens with one attached hydrogen (secondary N) is 2. The van der Waals surface area contributed by atoms with Crippen molar-refractivity contribution in [1.82, 2.24) is 10.6 Å². The van der Waals surface area contributed by atoms with Crippen molar-refractivity contribution in [2.45, 2.75) is 38.9 Å². The Bertz CT molecular complexity index is 800. The Hall–Kier alpha value is -0.870. The molecule has 3 rings (SSSR count). The standard InChI is InChI=1S/C22H30ClN3O2S.HI/c1-3-24-22(26-14-18(27)19-10-11-20(23)29-19)25-13-17-5-4-12-28-21(17)16-8-6-15(2)7-9-16;/h6-11,17-18,21,27H,3-5,12-14H2,1-2H3,(H2,24,25,26);1H. The molecule has 0 spiro atoms. The molecule has 3 N–H and O–H groups in total. The lowest BCUT2D eigenvalue weighted by atomic mass is 9.89. The third kappa shape index (κ3) is 7.37. The van der Waals surface area contributed by atoms with Gasteiger partial charge in [0.1, 0.15) is 6.10 Å². The van der Waals surface area contributed by atoms with Crippen LogP contribution in [-0.2, 0) is 4.74 Å². The lowest BCUT2D eigenvalue weighted by Crippen LogP contribution is -2.42. The van der Waals surface area contributed by atoms with Crippen LogP contribution in [0.4, 0.5) is 0 Å². The third-order valence-corrected chi connectivity index (χ3v) is 6.40. The SMILES string of the molecule is CCNC(=NCC(O)c1ccc(Cl)s1)NCC1CCCOC1c1ccc(C)cc1.I. The van der Waals surface area contributed by atoms with E-state index in [-0.39, 0.29) is 36.6 Å². The van der Waals surface area contributed by atoms with Crippen LogP contribution in [0.5, 0.6) is 0 Å². The molecular weight excluding hydrogens is 533 g/mol. The van der Waals surface area contributed by atoms with Crippen molar-refractivity contribution in [3.63, 3.8) is 0 Å². The van der Waals surface area contributed by atoms with Gasteiger partial charge in [0.25, 0.3) is 0 Å². The first-order valence-corrected chi connectivity index (χ1v) is 11.4. The van der Waals surface area contributed by atoms with Gasteiger partial charge in [-0.05, 0) is 44.4 Å². The lowest BCUT2D eigenvalue weighted by molar-refractivity contribution is -0.0265. The summed E-state index contributed by atoms with van der Waals surface area (Å²) in [6.45, 7) is 6.75. The fourth-order valence-electron chi connectivity index (χ4n) is 3.52. The Labute approximate surface area is 205 Å². The van der Waals surface area contributed by atoms with E-state index in [2.05, 4.69) is 46.8 Å². The first-order chi connectivity index (χ1) is 14.1. The van der Waals surface area contributed by atoms with Gasteiger partial charge in [0.2, 0.25) is 0 Å². The molecule has 8 heteroatoms. The number of halogens is 2. The van der Waals surface area contributed by atoms with Crippen LogP contribution in [0.1, 0.15) is 48.0 Å². The van der Waals surface area contributed by atoms with Gasteiger partial charge in [-0.25, -0.2) is 0 Å². The number of hydrogen-bond donors (Lipinski definition) is 3. The number of aliphatic imine (C=N–C) groups is 1. The molecule has 1 saturated heterocycles. The van der Waals surface area contributed by atoms with Gasteiger partial charge in [-0.15, -0.1) is 35.3 Å². The zero-order chi connectivity index (χ0) is 20.6. The van der Waals surface area contributed by atoms with Crippen molar-refractivity contribution in [3.8, 4) is 0 Å². The van der Waals surface area contributed by atoms with Crippen LogP contribution < -0.4 is 10.6 Å². The number of hydrogen-bond acceptors (Lipinski definition) is 4. The Kier molecular flexibility index (Phi) is 10.9.